The second-order valence-corrected chi connectivity index (χ2v) is 7.84. The topological polar surface area (TPSA) is 75.4 Å². The van der Waals surface area contributed by atoms with E-state index in [0.717, 1.165) is 24.1 Å². The normalized spacial score (nSPS) is 13.3. The average molecular weight is 395 g/mol. The molecule has 1 aromatic carbocycles. The number of hydrogen-bond acceptors (Lipinski definition) is 5. The minimum Gasteiger partial charge on any atom is -0.467 e. The van der Waals surface area contributed by atoms with Gasteiger partial charge in [-0.1, -0.05) is 17.7 Å². The van der Waals surface area contributed by atoms with E-state index in [-0.39, 0.29) is 24.2 Å². The van der Waals surface area contributed by atoms with Crippen LogP contribution in [0.4, 0.5) is 10.8 Å². The molecule has 0 spiro atoms. The highest BCUT2D eigenvalue weighted by Gasteiger charge is 2.30. The van der Waals surface area contributed by atoms with Crippen LogP contribution in [0, 0.1) is 12.8 Å². The Kier molecular flexibility index (Phi) is 5.25. The zero-order valence-electron chi connectivity index (χ0n) is 15.6. The van der Waals surface area contributed by atoms with Crippen LogP contribution in [0.2, 0.25) is 0 Å². The van der Waals surface area contributed by atoms with Gasteiger partial charge in [-0.15, -0.1) is 11.3 Å². The van der Waals surface area contributed by atoms with Crippen LogP contribution >= 0.6 is 11.3 Å². The first-order chi connectivity index (χ1) is 13.6. The molecular formula is C21H21N3O3S. The number of amides is 2. The van der Waals surface area contributed by atoms with Crippen molar-refractivity contribution in [1.29, 1.82) is 0 Å². The SMILES string of the molecule is Cc1ccc(N(Cc2ccco2)C(=O)Cc2csc(NC(=O)C3CC3)n2)cc1. The number of rotatable bonds is 7. The Hall–Kier alpha value is -2.93. The number of nitrogens with one attached hydrogen (secondary N) is 1. The Balaban J connectivity index is 1.48. The molecule has 2 aromatic heterocycles. The minimum atomic E-state index is -0.0781. The molecule has 0 saturated heterocycles. The monoisotopic (exact) mass is 395 g/mol. The minimum absolute atomic E-state index is 0.0197. The lowest BCUT2D eigenvalue weighted by Crippen LogP contribution is -2.31. The molecule has 6 nitrogen and oxygen atoms in total. The molecule has 1 fully saturated rings. The van der Waals surface area contributed by atoms with Crippen molar-refractivity contribution in [3.63, 3.8) is 0 Å². The fourth-order valence-corrected chi connectivity index (χ4v) is 3.57. The molecule has 2 heterocycles. The van der Waals surface area contributed by atoms with Crippen molar-refractivity contribution in [3.05, 3.63) is 65.1 Å². The summed E-state index contributed by atoms with van der Waals surface area (Å²) in [6.45, 7) is 2.36. The van der Waals surface area contributed by atoms with Crippen molar-refractivity contribution in [2.24, 2.45) is 5.92 Å². The van der Waals surface area contributed by atoms with Crippen LogP contribution in [-0.4, -0.2) is 16.8 Å². The number of hydrogen-bond donors (Lipinski definition) is 1. The molecule has 1 N–H and O–H groups in total. The zero-order chi connectivity index (χ0) is 19.5. The predicted molar refractivity (Wildman–Crippen MR) is 108 cm³/mol. The molecule has 28 heavy (non-hydrogen) atoms. The van der Waals surface area contributed by atoms with E-state index in [1.165, 1.54) is 11.3 Å². The number of furan rings is 1. The Morgan fingerprint density at radius 2 is 2.04 bits per heavy atom. The number of benzene rings is 1. The molecule has 0 atom stereocenters. The van der Waals surface area contributed by atoms with Crippen molar-refractivity contribution in [1.82, 2.24) is 4.98 Å². The van der Waals surface area contributed by atoms with E-state index in [2.05, 4.69) is 10.3 Å². The number of carbonyl (C=O) groups excluding carboxylic acids is 2. The van der Waals surface area contributed by atoms with Gasteiger partial charge < -0.3 is 14.6 Å². The molecule has 0 radical (unpaired) electrons. The Morgan fingerprint density at radius 3 is 2.71 bits per heavy atom. The Morgan fingerprint density at radius 1 is 1.25 bits per heavy atom. The first-order valence-electron chi connectivity index (χ1n) is 9.23. The first kappa shape index (κ1) is 18.4. The molecule has 0 unspecified atom stereocenters. The molecule has 0 bridgehead atoms. The molecular weight excluding hydrogens is 374 g/mol. The standard InChI is InChI=1S/C21H21N3O3S/c1-14-4-8-17(9-5-14)24(12-18-3-2-10-27-18)19(25)11-16-13-28-21(22-16)23-20(26)15-6-7-15/h2-5,8-10,13,15H,6-7,11-12H2,1H3,(H,22,23,26). The summed E-state index contributed by atoms with van der Waals surface area (Å²) in [5.74, 6) is 0.779. The smallest absolute Gasteiger partial charge is 0.233 e. The molecule has 1 aliphatic rings. The summed E-state index contributed by atoms with van der Waals surface area (Å²) >= 11 is 1.35. The van der Waals surface area contributed by atoms with Gasteiger partial charge in [-0.2, -0.15) is 0 Å². The van der Waals surface area contributed by atoms with Gasteiger partial charge in [0.15, 0.2) is 5.13 Å². The Labute approximate surface area is 167 Å². The van der Waals surface area contributed by atoms with Crippen LogP contribution in [0.1, 0.15) is 29.9 Å². The number of carbonyl (C=O) groups is 2. The maximum atomic E-state index is 13.0. The van der Waals surface area contributed by atoms with Crippen LogP contribution in [0.5, 0.6) is 0 Å². The molecule has 0 aliphatic heterocycles. The maximum Gasteiger partial charge on any atom is 0.233 e. The third kappa shape index (κ3) is 4.48. The molecule has 2 amide bonds. The van der Waals surface area contributed by atoms with E-state index in [4.69, 9.17) is 4.42 Å². The summed E-state index contributed by atoms with van der Waals surface area (Å²) in [7, 11) is 0. The van der Waals surface area contributed by atoms with E-state index in [9.17, 15) is 9.59 Å². The molecule has 1 aliphatic carbocycles. The van der Waals surface area contributed by atoms with E-state index in [0.29, 0.717) is 23.1 Å². The van der Waals surface area contributed by atoms with Crippen molar-refractivity contribution in [2.75, 3.05) is 10.2 Å². The predicted octanol–water partition coefficient (Wildman–Crippen LogP) is 4.17. The highest BCUT2D eigenvalue weighted by atomic mass is 32.1. The third-order valence-corrected chi connectivity index (χ3v) is 5.41. The second-order valence-electron chi connectivity index (χ2n) is 6.98. The van der Waals surface area contributed by atoms with Gasteiger partial charge in [0.05, 0.1) is 24.9 Å². The van der Waals surface area contributed by atoms with Gasteiger partial charge in [0.25, 0.3) is 0 Å². The van der Waals surface area contributed by atoms with Gasteiger partial charge in [0, 0.05) is 17.0 Å². The number of aromatic nitrogens is 1. The van der Waals surface area contributed by atoms with Crippen LogP contribution in [-0.2, 0) is 22.6 Å². The number of thiazole rings is 1. The summed E-state index contributed by atoms with van der Waals surface area (Å²) in [6, 6.07) is 11.5. The quantitative estimate of drug-likeness (QED) is 0.651. The zero-order valence-corrected chi connectivity index (χ0v) is 16.4. The van der Waals surface area contributed by atoms with Crippen LogP contribution in [0.15, 0.2) is 52.5 Å². The van der Waals surface area contributed by atoms with Crippen LogP contribution in [0.25, 0.3) is 0 Å². The molecule has 1 saturated carbocycles. The van der Waals surface area contributed by atoms with Gasteiger partial charge in [0.1, 0.15) is 5.76 Å². The average Bonchev–Trinajstić information content (AvgIpc) is 3.25. The summed E-state index contributed by atoms with van der Waals surface area (Å²) < 4.78 is 5.43. The third-order valence-electron chi connectivity index (χ3n) is 4.60. The van der Waals surface area contributed by atoms with Gasteiger partial charge in [-0.05, 0) is 44.0 Å². The van der Waals surface area contributed by atoms with E-state index < -0.39 is 0 Å². The molecule has 144 valence electrons. The molecule has 7 heteroatoms. The lowest BCUT2D eigenvalue weighted by molar-refractivity contribution is -0.118. The van der Waals surface area contributed by atoms with Crippen molar-refractivity contribution in [2.45, 2.75) is 32.7 Å². The van der Waals surface area contributed by atoms with Gasteiger partial charge in [0.2, 0.25) is 11.8 Å². The summed E-state index contributed by atoms with van der Waals surface area (Å²) in [5.41, 5.74) is 2.59. The maximum absolute atomic E-state index is 13.0. The highest BCUT2D eigenvalue weighted by molar-refractivity contribution is 7.13. The summed E-state index contributed by atoms with van der Waals surface area (Å²) in [6.07, 6.45) is 3.65. The van der Waals surface area contributed by atoms with Crippen molar-refractivity contribution < 1.29 is 14.0 Å². The van der Waals surface area contributed by atoms with Gasteiger partial charge in [-0.3, -0.25) is 9.59 Å². The fourth-order valence-electron chi connectivity index (χ4n) is 2.86. The number of anilines is 2. The van der Waals surface area contributed by atoms with E-state index in [1.54, 1.807) is 11.2 Å². The summed E-state index contributed by atoms with van der Waals surface area (Å²) in [5, 5.41) is 5.20. The van der Waals surface area contributed by atoms with E-state index >= 15 is 0 Å². The number of aryl methyl sites for hydroxylation is 1. The van der Waals surface area contributed by atoms with Gasteiger partial charge in [-0.25, -0.2) is 4.98 Å². The van der Waals surface area contributed by atoms with E-state index in [1.807, 2.05) is 48.7 Å². The Bertz CT molecular complexity index is 959. The molecule has 3 aromatic rings. The van der Waals surface area contributed by atoms with Crippen molar-refractivity contribution in [3.8, 4) is 0 Å². The summed E-state index contributed by atoms with van der Waals surface area (Å²) in [4.78, 5) is 31.0. The van der Waals surface area contributed by atoms with Crippen molar-refractivity contribution >= 4 is 34.0 Å². The largest absolute Gasteiger partial charge is 0.467 e. The molecule has 4 rings (SSSR count). The fraction of sp³-hybridized carbons (Fsp3) is 0.286. The number of nitrogens with zero attached hydrogens (tertiary/aromatic N) is 2. The lowest BCUT2D eigenvalue weighted by atomic mass is 10.2. The van der Waals surface area contributed by atoms with Crippen LogP contribution in [0.3, 0.4) is 0 Å². The van der Waals surface area contributed by atoms with Gasteiger partial charge >= 0.3 is 0 Å². The second kappa shape index (κ2) is 7.98. The highest BCUT2D eigenvalue weighted by Crippen LogP contribution is 2.30. The lowest BCUT2D eigenvalue weighted by Gasteiger charge is -2.22. The van der Waals surface area contributed by atoms with Crippen LogP contribution < -0.4 is 10.2 Å². The first-order valence-corrected chi connectivity index (χ1v) is 10.1.